The van der Waals surface area contributed by atoms with E-state index in [1.165, 1.54) is 17.0 Å². The van der Waals surface area contributed by atoms with Crippen molar-refractivity contribution >= 4 is 50.7 Å². The summed E-state index contributed by atoms with van der Waals surface area (Å²) in [5, 5.41) is 3.48. The molecule has 7 nitrogen and oxygen atoms in total. The molecule has 0 aliphatic heterocycles. The van der Waals surface area contributed by atoms with E-state index in [0.717, 1.165) is 22.7 Å². The van der Waals surface area contributed by atoms with Crippen LogP contribution in [0, 0.1) is 5.82 Å². The Balaban J connectivity index is 2.51. The quantitative estimate of drug-likeness (QED) is 0.498. The second-order valence-electron chi connectivity index (χ2n) is 9.13. The summed E-state index contributed by atoms with van der Waals surface area (Å²) in [7, 11) is -3.92. The summed E-state index contributed by atoms with van der Waals surface area (Å²) in [4.78, 5) is 28.0. The van der Waals surface area contributed by atoms with E-state index in [2.05, 4.69) is 5.32 Å². The van der Waals surface area contributed by atoms with Crippen LogP contribution in [0.15, 0.2) is 42.5 Å². The lowest BCUT2D eigenvalue weighted by Gasteiger charge is -2.34. The second-order valence-corrected chi connectivity index (χ2v) is 11.9. The van der Waals surface area contributed by atoms with Gasteiger partial charge in [-0.25, -0.2) is 12.8 Å². The second kappa shape index (κ2) is 11.6. The molecule has 0 saturated heterocycles. The lowest BCUT2D eigenvalue weighted by Crippen LogP contribution is -2.55. The molecular formula is C24H30Cl2FN3O4S. The molecule has 0 spiro atoms. The fraction of sp³-hybridized carbons (Fsp3) is 0.417. The van der Waals surface area contributed by atoms with Gasteiger partial charge in [0.25, 0.3) is 0 Å². The van der Waals surface area contributed by atoms with Crippen LogP contribution in [0.1, 0.15) is 39.7 Å². The van der Waals surface area contributed by atoms with Crippen LogP contribution in [-0.2, 0) is 26.2 Å². The minimum Gasteiger partial charge on any atom is -0.350 e. The van der Waals surface area contributed by atoms with E-state index in [0.29, 0.717) is 15.6 Å². The molecule has 1 unspecified atom stereocenters. The van der Waals surface area contributed by atoms with Gasteiger partial charge in [0.05, 0.1) is 11.9 Å². The third kappa shape index (κ3) is 8.08. The van der Waals surface area contributed by atoms with Crippen molar-refractivity contribution in [1.29, 1.82) is 0 Å². The Hall–Kier alpha value is -2.36. The molecule has 0 aliphatic rings. The van der Waals surface area contributed by atoms with Gasteiger partial charge in [-0.1, -0.05) is 36.2 Å². The van der Waals surface area contributed by atoms with Gasteiger partial charge in [-0.05, 0) is 63.6 Å². The highest BCUT2D eigenvalue weighted by Crippen LogP contribution is 2.28. The average Bonchev–Trinajstić information content (AvgIpc) is 2.72. The van der Waals surface area contributed by atoms with Crippen molar-refractivity contribution in [3.8, 4) is 0 Å². The average molecular weight is 546 g/mol. The summed E-state index contributed by atoms with van der Waals surface area (Å²) >= 11 is 12.7. The SMILES string of the molecule is CCC(C(=O)NC(C)(C)C)N(Cc1c(Cl)cccc1Cl)C(=O)CN(c1ccc(F)cc1)S(C)(=O)=O. The Morgan fingerprint density at radius 1 is 1.06 bits per heavy atom. The molecule has 2 rings (SSSR count). The molecule has 1 atom stereocenters. The Bertz CT molecular complexity index is 1150. The van der Waals surface area contributed by atoms with Crippen LogP contribution in [0.2, 0.25) is 10.0 Å². The number of carbonyl (C=O) groups excluding carboxylic acids is 2. The Kier molecular flexibility index (Phi) is 9.56. The van der Waals surface area contributed by atoms with Gasteiger partial charge in [0.1, 0.15) is 18.4 Å². The summed E-state index contributed by atoms with van der Waals surface area (Å²) in [5.41, 5.74) is -0.0159. The highest BCUT2D eigenvalue weighted by atomic mass is 35.5. The molecule has 2 aromatic rings. The van der Waals surface area contributed by atoms with Crippen molar-refractivity contribution in [2.24, 2.45) is 0 Å². The van der Waals surface area contributed by atoms with E-state index in [9.17, 15) is 22.4 Å². The molecule has 1 N–H and O–H groups in total. The number of nitrogens with one attached hydrogen (secondary N) is 1. The monoisotopic (exact) mass is 545 g/mol. The number of halogens is 3. The molecule has 2 aromatic carbocycles. The number of anilines is 1. The van der Waals surface area contributed by atoms with Crippen molar-refractivity contribution < 1.29 is 22.4 Å². The number of hydrogen-bond donors (Lipinski definition) is 1. The Labute approximate surface area is 216 Å². The molecule has 11 heteroatoms. The van der Waals surface area contributed by atoms with Crippen LogP contribution in [0.25, 0.3) is 0 Å². The van der Waals surface area contributed by atoms with Gasteiger partial charge in [-0.3, -0.25) is 13.9 Å². The largest absolute Gasteiger partial charge is 0.350 e. The highest BCUT2D eigenvalue weighted by Gasteiger charge is 2.33. The molecular weight excluding hydrogens is 516 g/mol. The van der Waals surface area contributed by atoms with E-state index < -0.39 is 45.8 Å². The summed E-state index contributed by atoms with van der Waals surface area (Å²) in [6.45, 7) is 6.47. The molecule has 35 heavy (non-hydrogen) atoms. The van der Waals surface area contributed by atoms with Crippen LogP contribution < -0.4 is 9.62 Å². The molecule has 0 aliphatic carbocycles. The molecule has 0 heterocycles. The molecule has 0 saturated carbocycles. The zero-order valence-corrected chi connectivity index (χ0v) is 22.6. The van der Waals surface area contributed by atoms with Crippen molar-refractivity contribution in [2.45, 2.75) is 52.2 Å². The third-order valence-electron chi connectivity index (χ3n) is 5.07. The maximum Gasteiger partial charge on any atom is 0.244 e. The zero-order chi connectivity index (χ0) is 26.6. The van der Waals surface area contributed by atoms with Gasteiger partial charge in [-0.2, -0.15) is 0 Å². The van der Waals surface area contributed by atoms with Gasteiger partial charge >= 0.3 is 0 Å². The van der Waals surface area contributed by atoms with Gasteiger partial charge in [0.2, 0.25) is 21.8 Å². The fourth-order valence-corrected chi connectivity index (χ4v) is 4.81. The first-order valence-electron chi connectivity index (χ1n) is 10.9. The van der Waals surface area contributed by atoms with E-state index in [-0.39, 0.29) is 18.7 Å². The smallest absolute Gasteiger partial charge is 0.244 e. The van der Waals surface area contributed by atoms with Gasteiger partial charge in [0.15, 0.2) is 0 Å². The van der Waals surface area contributed by atoms with Gasteiger partial charge < -0.3 is 10.2 Å². The number of carbonyl (C=O) groups is 2. The third-order valence-corrected chi connectivity index (χ3v) is 6.92. The molecule has 2 amide bonds. The first-order chi connectivity index (χ1) is 16.1. The van der Waals surface area contributed by atoms with Crippen LogP contribution in [-0.4, -0.2) is 49.5 Å². The number of rotatable bonds is 9. The normalized spacial score (nSPS) is 12.7. The standard InChI is InChI=1S/C24H30Cl2FN3O4S/c1-6-21(23(32)28-24(2,3)4)29(14-18-19(25)8-7-9-20(18)26)22(31)15-30(35(5,33)34)17-12-10-16(27)11-13-17/h7-13,21H,6,14-15H2,1-5H3,(H,28,32). The first-order valence-corrected chi connectivity index (χ1v) is 13.5. The fourth-order valence-electron chi connectivity index (χ4n) is 3.45. The number of benzene rings is 2. The van der Waals surface area contributed by atoms with Crippen LogP contribution in [0.3, 0.4) is 0 Å². The minimum absolute atomic E-state index is 0.116. The Morgan fingerprint density at radius 3 is 2.06 bits per heavy atom. The van der Waals surface area contributed by atoms with Crippen LogP contribution in [0.4, 0.5) is 10.1 Å². The molecule has 0 aromatic heterocycles. The van der Waals surface area contributed by atoms with Crippen LogP contribution >= 0.6 is 23.2 Å². The van der Waals surface area contributed by atoms with Crippen LogP contribution in [0.5, 0.6) is 0 Å². The summed E-state index contributed by atoms with van der Waals surface area (Å²) < 4.78 is 39.4. The van der Waals surface area contributed by atoms with Crippen molar-refractivity contribution in [2.75, 3.05) is 17.1 Å². The van der Waals surface area contributed by atoms with Gasteiger partial charge in [0, 0.05) is 27.7 Å². The van der Waals surface area contributed by atoms with E-state index in [4.69, 9.17) is 23.2 Å². The minimum atomic E-state index is -3.92. The van der Waals surface area contributed by atoms with Gasteiger partial charge in [-0.15, -0.1) is 0 Å². The number of amides is 2. The topological polar surface area (TPSA) is 86.8 Å². The predicted molar refractivity (Wildman–Crippen MR) is 138 cm³/mol. The maximum absolute atomic E-state index is 13.6. The maximum atomic E-state index is 13.6. The summed E-state index contributed by atoms with van der Waals surface area (Å²) in [6.07, 6.45) is 1.20. The van der Waals surface area contributed by atoms with E-state index in [1.807, 2.05) is 20.8 Å². The molecule has 192 valence electrons. The highest BCUT2D eigenvalue weighted by molar-refractivity contribution is 7.92. The Morgan fingerprint density at radius 2 is 1.60 bits per heavy atom. The van der Waals surface area contributed by atoms with Crippen molar-refractivity contribution in [1.82, 2.24) is 10.2 Å². The van der Waals surface area contributed by atoms with E-state index in [1.54, 1.807) is 25.1 Å². The first kappa shape index (κ1) is 28.9. The van der Waals surface area contributed by atoms with Crippen molar-refractivity contribution in [3.63, 3.8) is 0 Å². The zero-order valence-electron chi connectivity index (χ0n) is 20.3. The summed E-state index contributed by atoms with van der Waals surface area (Å²) in [5.74, 6) is -1.59. The number of sulfonamides is 1. The molecule has 0 radical (unpaired) electrons. The lowest BCUT2D eigenvalue weighted by molar-refractivity contribution is -0.141. The lowest BCUT2D eigenvalue weighted by atomic mass is 10.1. The number of hydrogen-bond acceptors (Lipinski definition) is 4. The van der Waals surface area contributed by atoms with E-state index >= 15 is 0 Å². The number of nitrogens with zero attached hydrogens (tertiary/aromatic N) is 2. The van der Waals surface area contributed by atoms with Crippen molar-refractivity contribution in [3.05, 3.63) is 63.9 Å². The molecule has 0 bridgehead atoms. The predicted octanol–water partition coefficient (Wildman–Crippen LogP) is 4.62. The molecule has 0 fully saturated rings. The summed E-state index contributed by atoms with van der Waals surface area (Å²) in [6, 6.07) is 8.69.